The Kier molecular flexibility index (Phi) is 4.83. The monoisotopic (exact) mass is 262 g/mol. The molecule has 2 rings (SSSR count). The summed E-state index contributed by atoms with van der Waals surface area (Å²) in [7, 11) is 0. The van der Waals surface area contributed by atoms with Crippen LogP contribution >= 0.6 is 0 Å². The topological polar surface area (TPSA) is 49.5 Å². The summed E-state index contributed by atoms with van der Waals surface area (Å²) in [5.74, 6) is 1.17. The van der Waals surface area contributed by atoms with Crippen LogP contribution in [0.1, 0.15) is 44.7 Å². The molecule has 0 amide bonds. The maximum absolute atomic E-state index is 9.62. The van der Waals surface area contributed by atoms with Crippen LogP contribution < -0.4 is 5.73 Å². The largest absolute Gasteiger partial charge is 0.508 e. The minimum atomic E-state index is 0.318. The quantitative estimate of drug-likeness (QED) is 0.877. The Hall–Kier alpha value is -1.06. The summed E-state index contributed by atoms with van der Waals surface area (Å²) >= 11 is 0. The standard InChI is InChI=1S/C16H26N2O/c1-3-13-7-8-18(15(9-13)11-17)12(2)14-5-4-6-16(19)10-14/h4-6,10,12-13,15,19H,3,7-9,11,17H2,1-2H3. The Morgan fingerprint density at radius 1 is 1.47 bits per heavy atom. The second-order valence-corrected chi connectivity index (χ2v) is 5.70. The Morgan fingerprint density at radius 3 is 2.89 bits per heavy atom. The number of hydrogen-bond donors (Lipinski definition) is 2. The van der Waals surface area contributed by atoms with Crippen LogP contribution in [0.3, 0.4) is 0 Å². The molecule has 19 heavy (non-hydrogen) atoms. The van der Waals surface area contributed by atoms with Gasteiger partial charge in [-0.3, -0.25) is 4.90 Å². The highest BCUT2D eigenvalue weighted by molar-refractivity contribution is 5.29. The van der Waals surface area contributed by atoms with E-state index in [1.54, 1.807) is 6.07 Å². The minimum absolute atomic E-state index is 0.318. The SMILES string of the molecule is CCC1CCN(C(C)c2cccc(O)c2)C(CN)C1. The van der Waals surface area contributed by atoms with Crippen molar-refractivity contribution in [1.29, 1.82) is 0 Å². The van der Waals surface area contributed by atoms with Crippen LogP contribution in [0.5, 0.6) is 5.75 Å². The third-order valence-corrected chi connectivity index (χ3v) is 4.57. The van der Waals surface area contributed by atoms with Crippen molar-refractivity contribution in [3.05, 3.63) is 29.8 Å². The highest BCUT2D eigenvalue weighted by Crippen LogP contribution is 2.32. The highest BCUT2D eigenvalue weighted by atomic mass is 16.3. The lowest BCUT2D eigenvalue weighted by atomic mass is 9.87. The van der Waals surface area contributed by atoms with Crippen LogP contribution in [-0.4, -0.2) is 29.1 Å². The fourth-order valence-corrected chi connectivity index (χ4v) is 3.24. The minimum Gasteiger partial charge on any atom is -0.508 e. The third kappa shape index (κ3) is 3.28. The molecule has 1 aliphatic heterocycles. The van der Waals surface area contributed by atoms with Crippen molar-refractivity contribution in [3.8, 4) is 5.75 Å². The number of nitrogens with zero attached hydrogens (tertiary/aromatic N) is 1. The first-order valence-electron chi connectivity index (χ1n) is 7.40. The average molecular weight is 262 g/mol. The maximum atomic E-state index is 9.62. The van der Waals surface area contributed by atoms with Crippen LogP contribution in [0.4, 0.5) is 0 Å². The number of aromatic hydroxyl groups is 1. The van der Waals surface area contributed by atoms with Crippen LogP contribution in [-0.2, 0) is 0 Å². The van der Waals surface area contributed by atoms with Crippen LogP contribution in [0, 0.1) is 5.92 Å². The molecular formula is C16H26N2O. The first kappa shape index (κ1) is 14.4. The van der Waals surface area contributed by atoms with E-state index in [-0.39, 0.29) is 0 Å². The molecule has 0 spiro atoms. The van der Waals surface area contributed by atoms with E-state index in [1.165, 1.54) is 24.8 Å². The van der Waals surface area contributed by atoms with Crippen molar-refractivity contribution in [3.63, 3.8) is 0 Å². The molecule has 0 bridgehead atoms. The van der Waals surface area contributed by atoms with Crippen molar-refractivity contribution in [2.24, 2.45) is 11.7 Å². The fourth-order valence-electron chi connectivity index (χ4n) is 3.24. The Balaban J connectivity index is 2.11. The van der Waals surface area contributed by atoms with E-state index >= 15 is 0 Å². The fraction of sp³-hybridized carbons (Fsp3) is 0.625. The zero-order chi connectivity index (χ0) is 13.8. The summed E-state index contributed by atoms with van der Waals surface area (Å²) in [5, 5.41) is 9.62. The van der Waals surface area contributed by atoms with E-state index in [9.17, 15) is 5.11 Å². The molecule has 3 atom stereocenters. The molecule has 0 saturated carbocycles. The molecule has 1 aliphatic rings. The average Bonchev–Trinajstić information content (AvgIpc) is 2.45. The van der Waals surface area contributed by atoms with Crippen molar-refractivity contribution in [1.82, 2.24) is 4.90 Å². The molecule has 3 heteroatoms. The second-order valence-electron chi connectivity index (χ2n) is 5.70. The molecule has 0 aliphatic carbocycles. The molecule has 106 valence electrons. The summed E-state index contributed by atoms with van der Waals surface area (Å²) in [6.07, 6.45) is 3.72. The van der Waals surface area contributed by atoms with Crippen LogP contribution in [0.25, 0.3) is 0 Å². The van der Waals surface area contributed by atoms with Gasteiger partial charge in [-0.1, -0.05) is 25.5 Å². The zero-order valence-corrected chi connectivity index (χ0v) is 12.0. The zero-order valence-electron chi connectivity index (χ0n) is 12.0. The molecule has 0 radical (unpaired) electrons. The number of likely N-dealkylation sites (tertiary alicyclic amines) is 1. The molecule has 1 heterocycles. The van der Waals surface area contributed by atoms with Gasteiger partial charge in [-0.2, -0.15) is 0 Å². The van der Waals surface area contributed by atoms with E-state index in [0.717, 1.165) is 19.0 Å². The number of nitrogens with two attached hydrogens (primary N) is 1. The Morgan fingerprint density at radius 2 is 2.26 bits per heavy atom. The van der Waals surface area contributed by atoms with E-state index in [2.05, 4.69) is 24.8 Å². The molecule has 3 N–H and O–H groups in total. The van der Waals surface area contributed by atoms with E-state index < -0.39 is 0 Å². The predicted octanol–water partition coefficient (Wildman–Crippen LogP) is 2.90. The summed E-state index contributed by atoms with van der Waals surface area (Å²) in [4.78, 5) is 2.50. The van der Waals surface area contributed by atoms with Gasteiger partial charge in [0.2, 0.25) is 0 Å². The van der Waals surface area contributed by atoms with E-state index in [1.807, 2.05) is 12.1 Å². The van der Waals surface area contributed by atoms with Crippen molar-refractivity contribution in [2.45, 2.75) is 45.2 Å². The summed E-state index contributed by atoms with van der Waals surface area (Å²) in [6.45, 7) is 6.31. The maximum Gasteiger partial charge on any atom is 0.115 e. The number of benzene rings is 1. The molecule has 1 fully saturated rings. The third-order valence-electron chi connectivity index (χ3n) is 4.57. The molecule has 3 nitrogen and oxygen atoms in total. The van der Waals surface area contributed by atoms with Gasteiger partial charge in [0.25, 0.3) is 0 Å². The first-order chi connectivity index (χ1) is 9.15. The second kappa shape index (κ2) is 6.40. The van der Waals surface area contributed by atoms with Crippen molar-refractivity contribution < 1.29 is 5.11 Å². The lowest BCUT2D eigenvalue weighted by Crippen LogP contribution is -2.47. The first-order valence-corrected chi connectivity index (χ1v) is 7.40. The number of hydrogen-bond acceptors (Lipinski definition) is 3. The number of phenolic OH excluding ortho intramolecular Hbond substituents is 1. The van der Waals surface area contributed by atoms with Gasteiger partial charge in [-0.15, -0.1) is 0 Å². The van der Waals surface area contributed by atoms with Gasteiger partial charge >= 0.3 is 0 Å². The predicted molar refractivity (Wildman–Crippen MR) is 79.1 cm³/mol. The summed E-state index contributed by atoms with van der Waals surface area (Å²) < 4.78 is 0. The molecule has 1 aromatic carbocycles. The number of piperidine rings is 1. The molecule has 1 aromatic rings. The van der Waals surface area contributed by atoms with Gasteiger partial charge in [0.05, 0.1) is 0 Å². The van der Waals surface area contributed by atoms with Crippen molar-refractivity contribution >= 4 is 0 Å². The smallest absolute Gasteiger partial charge is 0.115 e. The van der Waals surface area contributed by atoms with Gasteiger partial charge in [0.15, 0.2) is 0 Å². The van der Waals surface area contributed by atoms with E-state index in [0.29, 0.717) is 17.8 Å². The van der Waals surface area contributed by atoms with Crippen molar-refractivity contribution in [2.75, 3.05) is 13.1 Å². The van der Waals surface area contributed by atoms with Gasteiger partial charge in [-0.25, -0.2) is 0 Å². The molecule has 3 unspecified atom stereocenters. The normalized spacial score (nSPS) is 26.3. The molecule has 0 aromatic heterocycles. The molecular weight excluding hydrogens is 236 g/mol. The van der Waals surface area contributed by atoms with Gasteiger partial charge in [0, 0.05) is 18.6 Å². The summed E-state index contributed by atoms with van der Waals surface area (Å²) in [5.41, 5.74) is 7.14. The summed E-state index contributed by atoms with van der Waals surface area (Å²) in [6, 6.07) is 8.38. The Bertz CT molecular complexity index is 407. The number of phenols is 1. The number of rotatable bonds is 4. The van der Waals surface area contributed by atoms with Gasteiger partial charge in [0.1, 0.15) is 5.75 Å². The van der Waals surface area contributed by atoms with Gasteiger partial charge in [-0.05, 0) is 49.9 Å². The lowest BCUT2D eigenvalue weighted by molar-refractivity contribution is 0.0772. The highest BCUT2D eigenvalue weighted by Gasteiger charge is 2.30. The van der Waals surface area contributed by atoms with E-state index in [4.69, 9.17) is 5.73 Å². The van der Waals surface area contributed by atoms with Crippen LogP contribution in [0.15, 0.2) is 24.3 Å². The molecule has 1 saturated heterocycles. The van der Waals surface area contributed by atoms with Gasteiger partial charge < -0.3 is 10.8 Å². The van der Waals surface area contributed by atoms with Crippen LogP contribution in [0.2, 0.25) is 0 Å². The lowest BCUT2D eigenvalue weighted by Gasteiger charge is -2.42. The Labute approximate surface area is 116 Å².